The van der Waals surface area contributed by atoms with Crippen LogP contribution in [0.25, 0.3) is 0 Å². The molecule has 0 spiro atoms. The third-order valence-corrected chi connectivity index (χ3v) is 3.19. The number of amides is 1. The van der Waals surface area contributed by atoms with Crippen LogP contribution in [0.4, 0.5) is 15.8 Å². The van der Waals surface area contributed by atoms with Gasteiger partial charge >= 0.3 is 0 Å². The number of carbonyl (C=O) groups excluding carboxylic acids is 1. The second kappa shape index (κ2) is 8.12. The molecular weight excluding hydrogens is 281 g/mol. The van der Waals surface area contributed by atoms with Crippen molar-refractivity contribution < 1.29 is 9.18 Å². The molecule has 0 saturated heterocycles. The number of halogens is 1. The van der Waals surface area contributed by atoms with E-state index in [9.17, 15) is 9.18 Å². The molecule has 22 heavy (non-hydrogen) atoms. The molecule has 0 atom stereocenters. The molecule has 1 heterocycles. The molecule has 4 nitrogen and oxygen atoms in total. The SMILES string of the molecule is CCCCCNC(=O)c1ccc(Nc2ccc(F)cc2)cn1. The minimum absolute atomic E-state index is 0.163. The van der Waals surface area contributed by atoms with Gasteiger partial charge in [0, 0.05) is 12.2 Å². The quantitative estimate of drug-likeness (QED) is 0.763. The standard InChI is InChI=1S/C17H20FN3O/c1-2-3-4-11-19-17(22)16-10-9-15(12-20-16)21-14-7-5-13(18)6-8-14/h5-10,12,21H,2-4,11H2,1H3,(H,19,22). The molecule has 116 valence electrons. The van der Waals surface area contributed by atoms with Crippen LogP contribution in [0.2, 0.25) is 0 Å². The summed E-state index contributed by atoms with van der Waals surface area (Å²) >= 11 is 0. The van der Waals surface area contributed by atoms with Crippen LogP contribution in [0.15, 0.2) is 42.6 Å². The largest absolute Gasteiger partial charge is 0.354 e. The van der Waals surface area contributed by atoms with Gasteiger partial charge in [0.1, 0.15) is 11.5 Å². The van der Waals surface area contributed by atoms with Gasteiger partial charge in [0.05, 0.1) is 11.9 Å². The van der Waals surface area contributed by atoms with E-state index in [0.29, 0.717) is 12.2 Å². The van der Waals surface area contributed by atoms with Crippen molar-refractivity contribution in [1.29, 1.82) is 0 Å². The summed E-state index contributed by atoms with van der Waals surface area (Å²) in [5.41, 5.74) is 1.90. The maximum atomic E-state index is 12.8. The lowest BCUT2D eigenvalue weighted by molar-refractivity contribution is 0.0948. The fourth-order valence-electron chi connectivity index (χ4n) is 1.97. The van der Waals surface area contributed by atoms with Crippen LogP contribution < -0.4 is 10.6 Å². The summed E-state index contributed by atoms with van der Waals surface area (Å²) in [6.45, 7) is 2.79. The number of unbranched alkanes of at least 4 members (excludes halogenated alkanes) is 2. The van der Waals surface area contributed by atoms with Crippen molar-refractivity contribution in [2.45, 2.75) is 26.2 Å². The van der Waals surface area contributed by atoms with E-state index in [1.165, 1.54) is 12.1 Å². The van der Waals surface area contributed by atoms with Gasteiger partial charge in [0.2, 0.25) is 0 Å². The molecule has 1 amide bonds. The molecule has 2 aromatic rings. The number of hydrogen-bond donors (Lipinski definition) is 2. The molecule has 2 rings (SSSR count). The lowest BCUT2D eigenvalue weighted by Crippen LogP contribution is -2.25. The second-order valence-corrected chi connectivity index (χ2v) is 5.03. The number of carbonyl (C=O) groups is 1. The molecule has 0 bridgehead atoms. The zero-order chi connectivity index (χ0) is 15.8. The molecule has 0 aliphatic heterocycles. The molecule has 0 radical (unpaired) electrons. The molecule has 5 heteroatoms. The van der Waals surface area contributed by atoms with Crippen molar-refractivity contribution in [3.63, 3.8) is 0 Å². The summed E-state index contributed by atoms with van der Waals surface area (Å²) in [4.78, 5) is 16.0. The first-order valence-corrected chi connectivity index (χ1v) is 7.46. The molecule has 2 N–H and O–H groups in total. The fourth-order valence-corrected chi connectivity index (χ4v) is 1.97. The molecular formula is C17H20FN3O. The van der Waals surface area contributed by atoms with Gasteiger partial charge < -0.3 is 10.6 Å². The molecule has 0 unspecified atom stereocenters. The Labute approximate surface area is 129 Å². The van der Waals surface area contributed by atoms with E-state index in [1.807, 2.05) is 0 Å². The Balaban J connectivity index is 1.89. The van der Waals surface area contributed by atoms with E-state index in [2.05, 4.69) is 22.5 Å². The monoisotopic (exact) mass is 301 g/mol. The smallest absolute Gasteiger partial charge is 0.269 e. The zero-order valence-electron chi connectivity index (χ0n) is 12.6. The predicted octanol–water partition coefficient (Wildman–Crippen LogP) is 3.88. The summed E-state index contributed by atoms with van der Waals surface area (Å²) in [6, 6.07) is 9.49. The van der Waals surface area contributed by atoms with Gasteiger partial charge in [0.25, 0.3) is 5.91 Å². The van der Waals surface area contributed by atoms with Gasteiger partial charge in [-0.15, -0.1) is 0 Å². The van der Waals surface area contributed by atoms with E-state index in [4.69, 9.17) is 0 Å². The third kappa shape index (κ3) is 4.84. The van der Waals surface area contributed by atoms with E-state index < -0.39 is 0 Å². The van der Waals surface area contributed by atoms with E-state index in [1.54, 1.807) is 30.5 Å². The number of anilines is 2. The van der Waals surface area contributed by atoms with Crippen molar-refractivity contribution in [3.05, 3.63) is 54.1 Å². The average Bonchev–Trinajstić information content (AvgIpc) is 2.54. The van der Waals surface area contributed by atoms with E-state index in [0.717, 1.165) is 30.6 Å². The number of aromatic nitrogens is 1. The molecule has 0 fully saturated rings. The number of hydrogen-bond acceptors (Lipinski definition) is 3. The highest BCUT2D eigenvalue weighted by molar-refractivity contribution is 5.92. The van der Waals surface area contributed by atoms with Gasteiger partial charge in [0.15, 0.2) is 0 Å². The maximum Gasteiger partial charge on any atom is 0.269 e. The summed E-state index contributed by atoms with van der Waals surface area (Å²) in [6.07, 6.45) is 4.79. The van der Waals surface area contributed by atoms with Crippen LogP contribution in [-0.2, 0) is 0 Å². The van der Waals surface area contributed by atoms with Crippen LogP contribution in [0.5, 0.6) is 0 Å². The van der Waals surface area contributed by atoms with Crippen molar-refractivity contribution in [2.24, 2.45) is 0 Å². The highest BCUT2D eigenvalue weighted by Gasteiger charge is 2.06. The molecule has 1 aromatic carbocycles. The van der Waals surface area contributed by atoms with Gasteiger partial charge in [-0.3, -0.25) is 4.79 Å². The fraction of sp³-hybridized carbons (Fsp3) is 0.294. The van der Waals surface area contributed by atoms with E-state index in [-0.39, 0.29) is 11.7 Å². The highest BCUT2D eigenvalue weighted by Crippen LogP contribution is 2.16. The molecule has 1 aromatic heterocycles. The van der Waals surface area contributed by atoms with Gasteiger partial charge in [-0.1, -0.05) is 19.8 Å². The van der Waals surface area contributed by atoms with Crippen molar-refractivity contribution in [1.82, 2.24) is 10.3 Å². The Morgan fingerprint density at radius 3 is 2.45 bits per heavy atom. The van der Waals surface area contributed by atoms with Gasteiger partial charge in [-0.25, -0.2) is 9.37 Å². The van der Waals surface area contributed by atoms with Crippen molar-refractivity contribution in [3.8, 4) is 0 Å². The van der Waals surface area contributed by atoms with E-state index >= 15 is 0 Å². The maximum absolute atomic E-state index is 12.8. The topological polar surface area (TPSA) is 54.0 Å². The minimum Gasteiger partial charge on any atom is -0.354 e. The van der Waals surface area contributed by atoms with Crippen molar-refractivity contribution >= 4 is 17.3 Å². The average molecular weight is 301 g/mol. The Morgan fingerprint density at radius 2 is 1.82 bits per heavy atom. The third-order valence-electron chi connectivity index (χ3n) is 3.19. The first kappa shape index (κ1) is 15.9. The summed E-state index contributed by atoms with van der Waals surface area (Å²) < 4.78 is 12.8. The zero-order valence-corrected chi connectivity index (χ0v) is 12.6. The summed E-state index contributed by atoms with van der Waals surface area (Å²) in [7, 11) is 0. The van der Waals surface area contributed by atoms with Crippen LogP contribution in [-0.4, -0.2) is 17.4 Å². The first-order chi connectivity index (χ1) is 10.7. The molecule has 0 saturated carbocycles. The number of nitrogens with one attached hydrogen (secondary N) is 2. The Kier molecular flexibility index (Phi) is 5.89. The van der Waals surface area contributed by atoms with Gasteiger partial charge in [-0.2, -0.15) is 0 Å². The van der Waals surface area contributed by atoms with Crippen LogP contribution in [0.3, 0.4) is 0 Å². The van der Waals surface area contributed by atoms with Gasteiger partial charge in [-0.05, 0) is 42.8 Å². The summed E-state index contributed by atoms with van der Waals surface area (Å²) in [5, 5.41) is 5.94. The first-order valence-electron chi connectivity index (χ1n) is 7.46. The predicted molar refractivity (Wildman–Crippen MR) is 85.8 cm³/mol. The Morgan fingerprint density at radius 1 is 1.09 bits per heavy atom. The van der Waals surface area contributed by atoms with Crippen LogP contribution in [0, 0.1) is 5.82 Å². The number of nitrogens with zero attached hydrogens (tertiary/aromatic N) is 1. The Hall–Kier alpha value is -2.43. The highest BCUT2D eigenvalue weighted by atomic mass is 19.1. The normalized spacial score (nSPS) is 10.3. The van der Waals surface area contributed by atoms with Crippen LogP contribution >= 0.6 is 0 Å². The number of pyridine rings is 1. The number of rotatable bonds is 7. The number of benzene rings is 1. The second-order valence-electron chi connectivity index (χ2n) is 5.03. The van der Waals surface area contributed by atoms with Crippen molar-refractivity contribution in [2.75, 3.05) is 11.9 Å². The molecule has 0 aliphatic rings. The van der Waals surface area contributed by atoms with Crippen LogP contribution in [0.1, 0.15) is 36.7 Å². The molecule has 0 aliphatic carbocycles. The summed E-state index contributed by atoms with van der Waals surface area (Å²) in [5.74, 6) is -0.441. The lowest BCUT2D eigenvalue weighted by Gasteiger charge is -2.07. The lowest BCUT2D eigenvalue weighted by atomic mass is 10.2. The Bertz CT molecular complexity index is 596. The minimum atomic E-state index is -0.279.